The van der Waals surface area contributed by atoms with Crippen LogP contribution in [0.1, 0.15) is 16.8 Å². The fraction of sp³-hybridized carbons (Fsp3) is 0.222. The maximum atomic E-state index is 11.4. The number of halogens is 2. The molecule has 0 spiro atoms. The van der Waals surface area contributed by atoms with Gasteiger partial charge in [0.2, 0.25) is 0 Å². The summed E-state index contributed by atoms with van der Waals surface area (Å²) in [5.74, 6) is 0.0438. The SMILES string of the molecule is O=C(CCBr)c1ccc(O)cc1Cl. The smallest absolute Gasteiger partial charge is 0.165 e. The number of hydrogen-bond acceptors (Lipinski definition) is 2. The summed E-state index contributed by atoms with van der Waals surface area (Å²) >= 11 is 8.94. The van der Waals surface area contributed by atoms with Crippen LogP contribution in [-0.4, -0.2) is 16.2 Å². The molecule has 1 aromatic carbocycles. The first-order valence-corrected chi connectivity index (χ1v) is 5.22. The van der Waals surface area contributed by atoms with Crippen LogP contribution in [0, 0.1) is 0 Å². The van der Waals surface area contributed by atoms with Crippen molar-refractivity contribution in [3.05, 3.63) is 28.8 Å². The number of Topliss-reactive ketones (excluding diaryl/α,β-unsaturated/α-hetero) is 1. The Balaban J connectivity index is 2.95. The number of rotatable bonds is 3. The first-order chi connectivity index (χ1) is 6.15. The highest BCUT2D eigenvalue weighted by molar-refractivity contribution is 9.09. The Morgan fingerprint density at radius 3 is 2.77 bits per heavy atom. The molecular formula is C9H8BrClO2. The van der Waals surface area contributed by atoms with E-state index < -0.39 is 0 Å². The summed E-state index contributed by atoms with van der Waals surface area (Å²) in [6, 6.07) is 4.35. The molecule has 0 aromatic heterocycles. The molecule has 0 bridgehead atoms. The quantitative estimate of drug-likeness (QED) is 0.672. The highest BCUT2D eigenvalue weighted by Crippen LogP contribution is 2.22. The van der Waals surface area contributed by atoms with Crippen molar-refractivity contribution in [1.29, 1.82) is 0 Å². The topological polar surface area (TPSA) is 37.3 Å². The van der Waals surface area contributed by atoms with Crippen molar-refractivity contribution >= 4 is 33.3 Å². The molecule has 1 aromatic rings. The zero-order valence-electron chi connectivity index (χ0n) is 6.76. The summed E-state index contributed by atoms with van der Waals surface area (Å²) in [6.07, 6.45) is 0.407. The van der Waals surface area contributed by atoms with E-state index in [2.05, 4.69) is 15.9 Å². The Morgan fingerprint density at radius 2 is 2.23 bits per heavy atom. The lowest BCUT2D eigenvalue weighted by molar-refractivity contribution is 0.0990. The van der Waals surface area contributed by atoms with E-state index in [0.717, 1.165) is 0 Å². The molecule has 0 amide bonds. The number of phenolic OH excluding ortho intramolecular Hbond substituents is 1. The molecular weight excluding hydrogens is 255 g/mol. The van der Waals surface area contributed by atoms with Gasteiger partial charge in [0.05, 0.1) is 5.02 Å². The summed E-state index contributed by atoms with van der Waals surface area (Å²) in [4.78, 5) is 11.4. The van der Waals surface area contributed by atoms with Crippen molar-refractivity contribution in [3.8, 4) is 5.75 Å². The minimum Gasteiger partial charge on any atom is -0.508 e. The highest BCUT2D eigenvalue weighted by atomic mass is 79.9. The minimum atomic E-state index is -0.0260. The van der Waals surface area contributed by atoms with E-state index in [0.29, 0.717) is 22.3 Å². The molecule has 0 heterocycles. The lowest BCUT2D eigenvalue weighted by atomic mass is 10.1. The van der Waals surface area contributed by atoms with Crippen LogP contribution < -0.4 is 0 Å². The molecule has 0 aliphatic rings. The van der Waals surface area contributed by atoms with E-state index in [4.69, 9.17) is 16.7 Å². The normalized spacial score (nSPS) is 10.0. The van der Waals surface area contributed by atoms with E-state index in [1.54, 1.807) is 0 Å². The van der Waals surface area contributed by atoms with Crippen LogP contribution in [0.25, 0.3) is 0 Å². The number of hydrogen-bond donors (Lipinski definition) is 1. The molecule has 2 nitrogen and oxygen atoms in total. The predicted octanol–water partition coefficient (Wildman–Crippen LogP) is 3.01. The van der Waals surface area contributed by atoms with Gasteiger partial charge in [-0.2, -0.15) is 0 Å². The Hall–Kier alpha value is -0.540. The molecule has 0 unspecified atom stereocenters. The first kappa shape index (κ1) is 10.5. The first-order valence-electron chi connectivity index (χ1n) is 3.73. The van der Waals surface area contributed by atoms with Crippen LogP contribution in [0.15, 0.2) is 18.2 Å². The molecule has 1 N–H and O–H groups in total. The van der Waals surface area contributed by atoms with E-state index in [1.165, 1.54) is 18.2 Å². The molecule has 0 aliphatic carbocycles. The molecule has 0 saturated heterocycles. The van der Waals surface area contributed by atoms with Crippen molar-refractivity contribution in [2.75, 3.05) is 5.33 Å². The zero-order valence-corrected chi connectivity index (χ0v) is 9.10. The van der Waals surface area contributed by atoms with Gasteiger partial charge >= 0.3 is 0 Å². The van der Waals surface area contributed by atoms with Crippen molar-refractivity contribution in [1.82, 2.24) is 0 Å². The molecule has 0 radical (unpaired) electrons. The van der Waals surface area contributed by atoms with Crippen molar-refractivity contribution < 1.29 is 9.90 Å². The summed E-state index contributed by atoms with van der Waals surface area (Å²) < 4.78 is 0. The Bertz CT molecular complexity index is 325. The third-order valence-corrected chi connectivity index (χ3v) is 2.28. The Morgan fingerprint density at radius 1 is 1.54 bits per heavy atom. The second-order valence-corrected chi connectivity index (χ2v) is 3.73. The average Bonchev–Trinajstić information content (AvgIpc) is 2.04. The van der Waals surface area contributed by atoms with Crippen molar-refractivity contribution in [2.24, 2.45) is 0 Å². The van der Waals surface area contributed by atoms with Gasteiger partial charge in [-0.15, -0.1) is 0 Å². The van der Waals surface area contributed by atoms with E-state index >= 15 is 0 Å². The molecule has 13 heavy (non-hydrogen) atoms. The fourth-order valence-corrected chi connectivity index (χ4v) is 1.59. The summed E-state index contributed by atoms with van der Waals surface area (Å²) in [6.45, 7) is 0. The van der Waals surface area contributed by atoms with Crippen LogP contribution in [0.4, 0.5) is 0 Å². The molecule has 0 aliphatic heterocycles. The number of ketones is 1. The molecule has 70 valence electrons. The molecule has 0 fully saturated rings. The number of alkyl halides is 1. The number of phenols is 1. The minimum absolute atomic E-state index is 0.0260. The maximum absolute atomic E-state index is 11.4. The van der Waals surface area contributed by atoms with Gasteiger partial charge in [-0.05, 0) is 18.2 Å². The molecule has 0 saturated carbocycles. The lowest BCUT2D eigenvalue weighted by Crippen LogP contribution is -1.99. The molecule has 1 rings (SSSR count). The maximum Gasteiger partial charge on any atom is 0.165 e. The number of carbonyl (C=O) groups is 1. The van der Waals surface area contributed by atoms with Gasteiger partial charge in [0, 0.05) is 17.3 Å². The van der Waals surface area contributed by atoms with Gasteiger partial charge in [-0.3, -0.25) is 4.79 Å². The van der Waals surface area contributed by atoms with E-state index in [9.17, 15) is 4.79 Å². The van der Waals surface area contributed by atoms with Gasteiger partial charge in [-0.25, -0.2) is 0 Å². The van der Waals surface area contributed by atoms with Crippen LogP contribution in [0.3, 0.4) is 0 Å². The van der Waals surface area contributed by atoms with Crippen molar-refractivity contribution in [2.45, 2.75) is 6.42 Å². The predicted molar refractivity (Wildman–Crippen MR) is 55.9 cm³/mol. The highest BCUT2D eigenvalue weighted by Gasteiger charge is 2.09. The van der Waals surface area contributed by atoms with Gasteiger partial charge in [0.1, 0.15) is 5.75 Å². The van der Waals surface area contributed by atoms with E-state index in [-0.39, 0.29) is 11.5 Å². The van der Waals surface area contributed by atoms with Gasteiger partial charge in [-0.1, -0.05) is 27.5 Å². The Kier molecular flexibility index (Phi) is 3.75. The van der Waals surface area contributed by atoms with Gasteiger partial charge < -0.3 is 5.11 Å². The van der Waals surface area contributed by atoms with Crippen LogP contribution in [0.2, 0.25) is 5.02 Å². The summed E-state index contributed by atoms with van der Waals surface area (Å²) in [5, 5.41) is 9.96. The third-order valence-electron chi connectivity index (χ3n) is 1.57. The Labute approximate surface area is 89.7 Å². The number of carbonyl (C=O) groups excluding carboxylic acids is 1. The lowest BCUT2D eigenvalue weighted by Gasteiger charge is -2.01. The van der Waals surface area contributed by atoms with Crippen LogP contribution in [-0.2, 0) is 0 Å². The van der Waals surface area contributed by atoms with Crippen LogP contribution in [0.5, 0.6) is 5.75 Å². The largest absolute Gasteiger partial charge is 0.508 e. The summed E-state index contributed by atoms with van der Waals surface area (Å²) in [5.41, 5.74) is 0.457. The second-order valence-electron chi connectivity index (χ2n) is 2.53. The van der Waals surface area contributed by atoms with Crippen LogP contribution >= 0.6 is 27.5 Å². The number of benzene rings is 1. The summed E-state index contributed by atoms with van der Waals surface area (Å²) in [7, 11) is 0. The second kappa shape index (κ2) is 4.63. The van der Waals surface area contributed by atoms with Gasteiger partial charge in [0.15, 0.2) is 5.78 Å². The zero-order chi connectivity index (χ0) is 9.84. The van der Waals surface area contributed by atoms with Gasteiger partial charge in [0.25, 0.3) is 0 Å². The fourth-order valence-electron chi connectivity index (χ4n) is 0.951. The number of aromatic hydroxyl groups is 1. The monoisotopic (exact) mass is 262 g/mol. The van der Waals surface area contributed by atoms with Crippen molar-refractivity contribution in [3.63, 3.8) is 0 Å². The molecule has 4 heteroatoms. The standard InChI is InChI=1S/C9H8BrClO2/c10-4-3-9(13)7-2-1-6(12)5-8(7)11/h1-2,5,12H,3-4H2. The average molecular weight is 264 g/mol. The van der Waals surface area contributed by atoms with E-state index in [1.807, 2.05) is 0 Å². The molecule has 0 atom stereocenters. The third kappa shape index (κ3) is 2.71.